The molecular weight excluding hydrogens is 1190 g/mol. The Balaban J connectivity index is 0.000000221. The molecule has 2 aliphatic heterocycles. The van der Waals surface area contributed by atoms with Crippen LogP contribution >= 0.6 is 0 Å². The first-order valence-electron chi connectivity index (χ1n) is 31.3. The normalized spacial score (nSPS) is 13.2. The molecule has 0 atom stereocenters. The largest absolute Gasteiger partial charge is 0.474 e. The van der Waals surface area contributed by atoms with E-state index >= 15 is 0 Å². The quantitative estimate of drug-likeness (QED) is 0.0735. The lowest BCUT2D eigenvalue weighted by atomic mass is 10.0. The van der Waals surface area contributed by atoms with E-state index in [2.05, 4.69) is 20.6 Å². The predicted molar refractivity (Wildman–Crippen MR) is 361 cm³/mol. The van der Waals surface area contributed by atoms with Crippen molar-refractivity contribution in [1.82, 2.24) is 40.2 Å². The number of aromatic nitrogens is 2. The van der Waals surface area contributed by atoms with Gasteiger partial charge in [0.2, 0.25) is 11.8 Å². The lowest BCUT2D eigenvalue weighted by molar-refractivity contribution is 0.0577. The van der Waals surface area contributed by atoms with Gasteiger partial charge in [0.15, 0.2) is 0 Å². The van der Waals surface area contributed by atoms with Gasteiger partial charge in [0, 0.05) is 179 Å². The first-order chi connectivity index (χ1) is 45.2. The first-order valence-corrected chi connectivity index (χ1v) is 31.3. The summed E-state index contributed by atoms with van der Waals surface area (Å²) >= 11 is 0. The molecule has 0 radical (unpaired) electrons. The van der Waals surface area contributed by atoms with E-state index in [1.54, 1.807) is 74.6 Å². The van der Waals surface area contributed by atoms with E-state index in [0.29, 0.717) is 101 Å². The van der Waals surface area contributed by atoms with Crippen molar-refractivity contribution in [3.05, 3.63) is 226 Å². The molecular formula is C74H80F2N10O8. The topological polar surface area (TPSA) is 190 Å². The molecule has 2 fully saturated rings. The summed E-state index contributed by atoms with van der Waals surface area (Å²) in [5.74, 6) is -1.87. The average Bonchev–Trinajstić information content (AvgIpc) is 0.844. The number of anilines is 2. The number of nitrogens with one attached hydrogen (secondary N) is 2. The molecule has 2 aliphatic rings. The van der Waals surface area contributed by atoms with Gasteiger partial charge in [-0.3, -0.25) is 28.8 Å². The maximum atomic E-state index is 14.3. The predicted octanol–water partition coefficient (Wildman–Crippen LogP) is 10.6. The van der Waals surface area contributed by atoms with Gasteiger partial charge >= 0.3 is 0 Å². The molecule has 10 rings (SSSR count). The Kier molecular flexibility index (Phi) is 22.9. The lowest BCUT2D eigenvalue weighted by Crippen LogP contribution is -2.42. The number of pyridine rings is 2. The van der Waals surface area contributed by atoms with Crippen molar-refractivity contribution in [1.29, 1.82) is 0 Å². The third-order valence-electron chi connectivity index (χ3n) is 16.5. The highest BCUT2D eigenvalue weighted by molar-refractivity contribution is 6.08. The zero-order valence-corrected chi connectivity index (χ0v) is 54.4. The number of rotatable bonds is 20. The summed E-state index contributed by atoms with van der Waals surface area (Å²) in [6.45, 7) is 2.40. The van der Waals surface area contributed by atoms with E-state index in [-0.39, 0.29) is 58.1 Å². The Hall–Kier alpha value is -10.5. The van der Waals surface area contributed by atoms with Crippen LogP contribution in [0.25, 0.3) is 22.3 Å². The van der Waals surface area contributed by atoms with Gasteiger partial charge in [-0.1, -0.05) is 48.5 Å². The van der Waals surface area contributed by atoms with Crippen molar-refractivity contribution < 1.29 is 47.0 Å². The van der Waals surface area contributed by atoms with Crippen LogP contribution in [0.2, 0.25) is 0 Å². The van der Waals surface area contributed by atoms with Gasteiger partial charge in [0.1, 0.15) is 23.8 Å². The van der Waals surface area contributed by atoms with Crippen LogP contribution in [-0.4, -0.2) is 173 Å². The molecule has 488 valence electrons. The second-order valence-corrected chi connectivity index (χ2v) is 24.1. The summed E-state index contributed by atoms with van der Waals surface area (Å²) in [5, 5.41) is 5.72. The minimum Gasteiger partial charge on any atom is -0.474 e. The van der Waals surface area contributed by atoms with Gasteiger partial charge < -0.3 is 49.5 Å². The summed E-state index contributed by atoms with van der Waals surface area (Å²) in [7, 11) is 14.8. The van der Waals surface area contributed by atoms with Gasteiger partial charge in [-0.25, -0.2) is 18.7 Å². The molecule has 94 heavy (non-hydrogen) atoms. The Labute approximate surface area is 548 Å². The van der Waals surface area contributed by atoms with Crippen molar-refractivity contribution in [2.45, 2.75) is 50.7 Å². The summed E-state index contributed by atoms with van der Waals surface area (Å²) in [6, 6.07) is 45.7. The average molecular weight is 1280 g/mol. The molecule has 0 unspecified atom stereocenters. The van der Waals surface area contributed by atoms with Gasteiger partial charge in [-0.15, -0.1) is 0 Å². The molecule has 18 nitrogen and oxygen atoms in total. The molecule has 4 heterocycles. The SMILES string of the molecule is CN(C)C(=O)c1ccc(-c2ccc(OC3CCN(C(=O)c4cc(F)ccc4C(=O)NCCc4ccc(N(C)C)cc4)CC3)nc2)cc1.CN(C)C(=O)c1ccc(-c2ccc(OC3CCN(C(=O)c4ccc(F)cc4C(=O)NCCc4ccc(N(C)C)cc4)CC3)nc2)cc1. The van der Waals surface area contributed by atoms with Crippen molar-refractivity contribution >= 4 is 46.8 Å². The number of benzene rings is 6. The number of nitrogens with zero attached hydrogens (tertiary/aromatic N) is 8. The first kappa shape index (κ1) is 67.9. The van der Waals surface area contributed by atoms with Gasteiger partial charge in [0.05, 0.1) is 22.3 Å². The van der Waals surface area contributed by atoms with Gasteiger partial charge in [-0.05, 0) is 132 Å². The minimum absolute atomic E-state index is 0.0274. The molecule has 2 N–H and O–H groups in total. The Bertz CT molecular complexity index is 3910. The molecule has 2 aromatic heterocycles. The molecule has 0 aliphatic carbocycles. The lowest BCUT2D eigenvalue weighted by Gasteiger charge is -2.32. The highest BCUT2D eigenvalue weighted by atomic mass is 19.1. The van der Waals surface area contributed by atoms with Crippen LogP contribution in [0.5, 0.6) is 11.8 Å². The molecule has 8 aromatic rings. The van der Waals surface area contributed by atoms with Crippen LogP contribution in [0.4, 0.5) is 20.2 Å². The van der Waals surface area contributed by atoms with Crippen molar-refractivity contribution in [2.24, 2.45) is 0 Å². The Morgan fingerprint density at radius 1 is 0.436 bits per heavy atom. The second-order valence-electron chi connectivity index (χ2n) is 24.1. The third-order valence-corrected chi connectivity index (χ3v) is 16.5. The number of piperidine rings is 2. The Morgan fingerprint density at radius 2 is 0.798 bits per heavy atom. The molecule has 2 saturated heterocycles. The number of carbonyl (C=O) groups excluding carboxylic acids is 6. The zero-order valence-electron chi connectivity index (χ0n) is 54.4. The van der Waals surface area contributed by atoms with Crippen molar-refractivity contribution in [3.63, 3.8) is 0 Å². The van der Waals surface area contributed by atoms with Crippen molar-refractivity contribution in [2.75, 3.05) is 105 Å². The van der Waals surface area contributed by atoms with Crippen LogP contribution < -0.4 is 29.9 Å². The summed E-state index contributed by atoms with van der Waals surface area (Å²) in [4.78, 5) is 96.8. The Morgan fingerprint density at radius 3 is 1.17 bits per heavy atom. The molecule has 20 heteroatoms. The number of hydrogen-bond donors (Lipinski definition) is 2. The maximum absolute atomic E-state index is 14.3. The highest BCUT2D eigenvalue weighted by Gasteiger charge is 2.30. The van der Waals surface area contributed by atoms with E-state index in [9.17, 15) is 37.5 Å². The molecule has 6 aromatic carbocycles. The monoisotopic (exact) mass is 1270 g/mol. The summed E-state index contributed by atoms with van der Waals surface area (Å²) in [5.41, 5.74) is 9.63. The van der Waals surface area contributed by atoms with E-state index < -0.39 is 23.4 Å². The molecule has 0 spiro atoms. The van der Waals surface area contributed by atoms with Gasteiger partial charge in [-0.2, -0.15) is 0 Å². The second kappa shape index (κ2) is 31.7. The minimum atomic E-state index is -0.576. The smallest absolute Gasteiger partial charge is 0.254 e. The number of halogens is 2. The standard InChI is InChI=1S/2C37H40FN5O4/c1-41(2)30-13-5-25(6-14-30)17-20-39-35(44)33-23-29(38)12-15-32(33)37(46)43-21-18-31(19-22-43)47-34-16-11-28(24-40-34)26-7-9-27(10-8-26)36(45)42(3)4;1-41(2)30-13-5-25(6-14-30)17-20-39-35(44)32-15-12-29(38)23-33(32)37(46)43-21-18-31(19-22-43)47-34-16-11-28(24-40-34)26-7-9-27(10-8-26)36(45)42(3)4/h2*5-16,23-24,31H,17-22H2,1-4H3,(H,39,44). The van der Waals surface area contributed by atoms with E-state index in [1.807, 2.05) is 135 Å². The molecule has 0 saturated carbocycles. The number of carbonyl (C=O) groups is 6. The third kappa shape index (κ3) is 18.0. The number of hydrogen-bond acceptors (Lipinski definition) is 12. The zero-order chi connectivity index (χ0) is 67.0. The number of likely N-dealkylation sites (tertiary alicyclic amines) is 2. The van der Waals surface area contributed by atoms with E-state index in [4.69, 9.17) is 9.47 Å². The molecule has 0 bridgehead atoms. The number of ether oxygens (including phenoxy) is 2. The van der Waals surface area contributed by atoms with Crippen LogP contribution in [0.3, 0.4) is 0 Å². The van der Waals surface area contributed by atoms with Crippen LogP contribution in [0.15, 0.2) is 170 Å². The highest BCUT2D eigenvalue weighted by Crippen LogP contribution is 2.28. The fourth-order valence-corrected chi connectivity index (χ4v) is 10.9. The van der Waals surface area contributed by atoms with E-state index in [0.717, 1.165) is 56.9 Å². The maximum Gasteiger partial charge on any atom is 0.254 e. The van der Waals surface area contributed by atoms with E-state index in [1.165, 1.54) is 34.1 Å². The number of amides is 6. The van der Waals surface area contributed by atoms with Crippen LogP contribution in [0.1, 0.15) is 99.0 Å². The molecule has 6 amide bonds. The fourth-order valence-electron chi connectivity index (χ4n) is 10.9. The summed E-state index contributed by atoms with van der Waals surface area (Å²) < 4.78 is 40.7. The summed E-state index contributed by atoms with van der Waals surface area (Å²) in [6.07, 6.45) is 6.74. The van der Waals surface area contributed by atoms with Crippen LogP contribution in [-0.2, 0) is 12.8 Å². The fraction of sp³-hybridized carbons (Fsp3) is 0.297. The van der Waals surface area contributed by atoms with Gasteiger partial charge in [0.25, 0.3) is 35.4 Å². The van der Waals surface area contributed by atoms with Crippen LogP contribution in [0, 0.1) is 11.6 Å². The van der Waals surface area contributed by atoms with Crippen molar-refractivity contribution in [3.8, 4) is 34.0 Å².